The second-order valence-corrected chi connectivity index (χ2v) is 5.17. The lowest BCUT2D eigenvalue weighted by Crippen LogP contribution is -2.09. The van der Waals surface area contributed by atoms with Gasteiger partial charge >= 0.3 is 0 Å². The van der Waals surface area contributed by atoms with Crippen LogP contribution in [-0.2, 0) is 0 Å². The first-order valence-electron chi connectivity index (χ1n) is 4.49. The first-order chi connectivity index (χ1) is 7.00. The van der Waals surface area contributed by atoms with Crippen molar-refractivity contribution >= 4 is 45.1 Å². The van der Waals surface area contributed by atoms with Crippen LogP contribution in [0, 0.1) is 17.4 Å². The van der Waals surface area contributed by atoms with Crippen molar-refractivity contribution in [1.29, 1.82) is 0 Å². The molecular weight excluding hydrogens is 324 g/mol. The molecule has 1 N–H and O–H groups in total. The Kier molecular flexibility index (Phi) is 2.77. The summed E-state index contributed by atoms with van der Waals surface area (Å²) in [5.41, 5.74) is 2.41. The van der Waals surface area contributed by atoms with Crippen LogP contribution in [0.25, 0.3) is 10.9 Å². The predicted octanol–water partition coefficient (Wildman–Crippen LogP) is 3.40. The fourth-order valence-electron chi connectivity index (χ4n) is 1.53. The number of aromatic amines is 1. The molecule has 0 spiro atoms. The molecular formula is C11H9ClINO. The average molecular weight is 334 g/mol. The molecule has 78 valence electrons. The molecule has 2 aromatic rings. The molecule has 15 heavy (non-hydrogen) atoms. The van der Waals surface area contributed by atoms with Gasteiger partial charge in [-0.25, -0.2) is 0 Å². The van der Waals surface area contributed by atoms with E-state index < -0.39 is 0 Å². The second-order valence-electron chi connectivity index (χ2n) is 3.51. The Balaban J connectivity index is 3.06. The van der Waals surface area contributed by atoms with E-state index in [1.807, 2.05) is 26.0 Å². The zero-order valence-electron chi connectivity index (χ0n) is 8.32. The maximum atomic E-state index is 12.0. The monoisotopic (exact) mass is 333 g/mol. The second kappa shape index (κ2) is 3.79. The minimum absolute atomic E-state index is 0.0571. The van der Waals surface area contributed by atoms with Gasteiger partial charge in [-0.05, 0) is 48.6 Å². The number of halogens is 2. The summed E-state index contributed by atoms with van der Waals surface area (Å²) in [6.45, 7) is 3.70. The van der Waals surface area contributed by atoms with Crippen molar-refractivity contribution < 1.29 is 0 Å². The molecule has 0 saturated heterocycles. The largest absolute Gasteiger partial charge is 0.357 e. The van der Waals surface area contributed by atoms with Gasteiger partial charge in [-0.15, -0.1) is 0 Å². The molecule has 0 atom stereocenters. The van der Waals surface area contributed by atoms with E-state index in [0.717, 1.165) is 20.3 Å². The Bertz CT molecular complexity index is 604. The third kappa shape index (κ3) is 1.78. The molecule has 0 bridgehead atoms. The maximum absolute atomic E-state index is 12.0. The summed E-state index contributed by atoms with van der Waals surface area (Å²) in [4.78, 5) is 15.1. The van der Waals surface area contributed by atoms with E-state index in [0.29, 0.717) is 10.4 Å². The Hall–Kier alpha value is -0.550. The van der Waals surface area contributed by atoms with Gasteiger partial charge in [0.15, 0.2) is 5.43 Å². The van der Waals surface area contributed by atoms with E-state index in [-0.39, 0.29) is 5.43 Å². The number of pyridine rings is 1. The first kappa shape index (κ1) is 11.0. The minimum Gasteiger partial charge on any atom is -0.357 e. The van der Waals surface area contributed by atoms with Gasteiger partial charge in [0.2, 0.25) is 0 Å². The van der Waals surface area contributed by atoms with Crippen LogP contribution >= 0.6 is 34.2 Å². The molecule has 0 amide bonds. The Morgan fingerprint density at radius 2 is 2.00 bits per heavy atom. The third-order valence-electron chi connectivity index (χ3n) is 2.52. The zero-order chi connectivity index (χ0) is 11.2. The van der Waals surface area contributed by atoms with Crippen molar-refractivity contribution in [3.63, 3.8) is 0 Å². The lowest BCUT2D eigenvalue weighted by Gasteiger charge is -2.06. The van der Waals surface area contributed by atoms with Crippen LogP contribution in [-0.4, -0.2) is 4.98 Å². The fourth-order valence-corrected chi connectivity index (χ4v) is 2.61. The van der Waals surface area contributed by atoms with Crippen molar-refractivity contribution in [3.05, 3.63) is 42.2 Å². The van der Waals surface area contributed by atoms with Crippen LogP contribution in [0.3, 0.4) is 0 Å². The summed E-state index contributed by atoms with van der Waals surface area (Å²) in [7, 11) is 0. The normalized spacial score (nSPS) is 10.9. The highest BCUT2D eigenvalue weighted by atomic mass is 127. The van der Waals surface area contributed by atoms with Crippen LogP contribution < -0.4 is 5.43 Å². The number of rotatable bonds is 0. The SMILES string of the molecule is Cc1[nH]c2c(Cl)cc(I)cc2c(=O)c1C. The summed E-state index contributed by atoms with van der Waals surface area (Å²) in [6, 6.07) is 3.70. The number of fused-ring (bicyclic) bond motifs is 1. The Labute approximate surface area is 106 Å². The highest BCUT2D eigenvalue weighted by molar-refractivity contribution is 14.1. The number of benzene rings is 1. The molecule has 1 heterocycles. The number of H-pyrrole nitrogens is 1. The van der Waals surface area contributed by atoms with Crippen molar-refractivity contribution in [3.8, 4) is 0 Å². The number of hydrogen-bond donors (Lipinski definition) is 1. The number of aryl methyl sites for hydroxylation is 1. The Morgan fingerprint density at radius 1 is 1.33 bits per heavy atom. The van der Waals surface area contributed by atoms with E-state index >= 15 is 0 Å². The standard InChI is InChI=1S/C11H9ClINO/c1-5-6(2)14-10-8(11(5)15)3-7(13)4-9(10)12/h3-4H,1-2H3,(H,14,15). The summed E-state index contributed by atoms with van der Waals surface area (Å²) < 4.78 is 0.971. The van der Waals surface area contributed by atoms with Gasteiger partial charge in [0.25, 0.3) is 0 Å². The van der Waals surface area contributed by atoms with E-state index in [1.165, 1.54) is 0 Å². The van der Waals surface area contributed by atoms with E-state index in [4.69, 9.17) is 11.6 Å². The van der Waals surface area contributed by atoms with Crippen LogP contribution in [0.2, 0.25) is 5.02 Å². The molecule has 0 aliphatic carbocycles. The number of hydrogen-bond acceptors (Lipinski definition) is 1. The van der Waals surface area contributed by atoms with Gasteiger partial charge in [0.1, 0.15) is 0 Å². The van der Waals surface area contributed by atoms with E-state index in [9.17, 15) is 4.79 Å². The molecule has 0 aliphatic rings. The lowest BCUT2D eigenvalue weighted by atomic mass is 10.1. The first-order valence-corrected chi connectivity index (χ1v) is 5.94. The van der Waals surface area contributed by atoms with Crippen LogP contribution in [0.5, 0.6) is 0 Å². The van der Waals surface area contributed by atoms with Crippen LogP contribution in [0.1, 0.15) is 11.3 Å². The number of nitrogens with one attached hydrogen (secondary N) is 1. The smallest absolute Gasteiger partial charge is 0.192 e. The van der Waals surface area contributed by atoms with Gasteiger partial charge in [-0.1, -0.05) is 11.6 Å². The summed E-state index contributed by atoms with van der Waals surface area (Å²) >= 11 is 8.24. The van der Waals surface area contributed by atoms with Crippen molar-refractivity contribution in [2.45, 2.75) is 13.8 Å². The zero-order valence-corrected chi connectivity index (χ0v) is 11.2. The van der Waals surface area contributed by atoms with Gasteiger partial charge in [-0.2, -0.15) is 0 Å². The van der Waals surface area contributed by atoms with Crippen molar-refractivity contribution in [2.24, 2.45) is 0 Å². The van der Waals surface area contributed by atoms with Gasteiger partial charge in [-0.3, -0.25) is 4.79 Å². The minimum atomic E-state index is 0.0571. The van der Waals surface area contributed by atoms with Crippen LogP contribution in [0.15, 0.2) is 16.9 Å². The quantitative estimate of drug-likeness (QED) is 0.736. The summed E-state index contributed by atoms with van der Waals surface area (Å²) in [5.74, 6) is 0. The molecule has 2 nitrogen and oxygen atoms in total. The van der Waals surface area contributed by atoms with E-state index in [1.54, 1.807) is 0 Å². The lowest BCUT2D eigenvalue weighted by molar-refractivity contribution is 1.18. The van der Waals surface area contributed by atoms with Crippen molar-refractivity contribution in [2.75, 3.05) is 0 Å². The summed E-state index contributed by atoms with van der Waals surface area (Å²) in [5, 5.41) is 1.26. The molecule has 4 heteroatoms. The third-order valence-corrected chi connectivity index (χ3v) is 3.44. The fraction of sp³-hybridized carbons (Fsp3) is 0.182. The molecule has 1 aromatic heterocycles. The molecule has 0 saturated carbocycles. The molecule has 2 rings (SSSR count). The molecule has 0 aliphatic heterocycles. The summed E-state index contributed by atoms with van der Waals surface area (Å²) in [6.07, 6.45) is 0. The highest BCUT2D eigenvalue weighted by Gasteiger charge is 2.08. The Morgan fingerprint density at radius 3 is 2.67 bits per heavy atom. The predicted molar refractivity (Wildman–Crippen MR) is 71.8 cm³/mol. The van der Waals surface area contributed by atoms with Gasteiger partial charge in [0, 0.05) is 20.2 Å². The van der Waals surface area contributed by atoms with Crippen LogP contribution in [0.4, 0.5) is 0 Å². The maximum Gasteiger partial charge on any atom is 0.192 e. The number of aromatic nitrogens is 1. The average Bonchev–Trinajstić information content (AvgIpc) is 2.17. The van der Waals surface area contributed by atoms with E-state index in [2.05, 4.69) is 27.6 Å². The highest BCUT2D eigenvalue weighted by Crippen LogP contribution is 2.23. The molecule has 1 aromatic carbocycles. The topological polar surface area (TPSA) is 32.9 Å². The molecule has 0 radical (unpaired) electrons. The molecule has 0 fully saturated rings. The van der Waals surface area contributed by atoms with Crippen molar-refractivity contribution in [1.82, 2.24) is 4.98 Å². The van der Waals surface area contributed by atoms with Gasteiger partial charge < -0.3 is 4.98 Å². The van der Waals surface area contributed by atoms with Gasteiger partial charge in [0.05, 0.1) is 10.5 Å². The molecule has 0 unspecified atom stereocenters.